The standard InChI is InChI=1S/C28H34N2O4/c1-18-15-26(33-2)24(23-7-11-29-27(18)23)17-30-12-8-22(19-9-13-34-14-10-19)16-25(30)20-3-5-21(6-4-20)28(31)32/h3-7,11,15,19,22,25,29H,8-10,12-14,16-17H2,1-2H3,(H,31,32). The summed E-state index contributed by atoms with van der Waals surface area (Å²) in [4.78, 5) is 17.4. The van der Waals surface area contributed by atoms with Crippen LogP contribution >= 0.6 is 0 Å². The monoisotopic (exact) mass is 462 g/mol. The van der Waals surface area contributed by atoms with Crippen molar-refractivity contribution < 1.29 is 19.4 Å². The molecular weight excluding hydrogens is 428 g/mol. The number of H-pyrrole nitrogens is 1. The maximum Gasteiger partial charge on any atom is 0.335 e. The zero-order valence-electron chi connectivity index (χ0n) is 20.0. The first-order valence-corrected chi connectivity index (χ1v) is 12.3. The van der Waals surface area contributed by atoms with Crippen molar-refractivity contribution in [2.45, 2.75) is 45.2 Å². The molecule has 2 aliphatic rings. The molecule has 3 heterocycles. The maximum atomic E-state index is 11.4. The maximum absolute atomic E-state index is 11.4. The molecule has 1 aromatic heterocycles. The van der Waals surface area contributed by atoms with Crippen LogP contribution in [0.3, 0.4) is 0 Å². The number of hydrogen-bond acceptors (Lipinski definition) is 4. The van der Waals surface area contributed by atoms with Crippen molar-refractivity contribution in [1.29, 1.82) is 0 Å². The van der Waals surface area contributed by atoms with E-state index < -0.39 is 5.97 Å². The Morgan fingerprint density at radius 1 is 1.15 bits per heavy atom. The topological polar surface area (TPSA) is 74.8 Å². The minimum Gasteiger partial charge on any atom is -0.496 e. The number of carboxylic acids is 1. The molecule has 2 N–H and O–H groups in total. The number of hydrogen-bond donors (Lipinski definition) is 2. The van der Waals surface area contributed by atoms with Gasteiger partial charge in [-0.2, -0.15) is 0 Å². The number of aromatic amines is 1. The van der Waals surface area contributed by atoms with Gasteiger partial charge in [-0.15, -0.1) is 0 Å². The van der Waals surface area contributed by atoms with E-state index in [-0.39, 0.29) is 6.04 Å². The number of aromatic nitrogens is 1. The fourth-order valence-corrected chi connectivity index (χ4v) is 6.02. The second-order valence-electron chi connectivity index (χ2n) is 9.79. The van der Waals surface area contributed by atoms with Gasteiger partial charge < -0.3 is 19.6 Å². The average molecular weight is 463 g/mol. The molecule has 2 unspecified atom stereocenters. The Bertz CT molecular complexity index is 1150. The van der Waals surface area contributed by atoms with Gasteiger partial charge in [0.1, 0.15) is 5.75 Å². The van der Waals surface area contributed by atoms with Crippen LogP contribution in [0.25, 0.3) is 10.9 Å². The number of rotatable bonds is 6. The number of ether oxygens (including phenoxy) is 2. The Balaban J connectivity index is 1.47. The Morgan fingerprint density at radius 3 is 2.62 bits per heavy atom. The van der Waals surface area contributed by atoms with Gasteiger partial charge in [-0.05, 0) is 86.4 Å². The third-order valence-electron chi connectivity index (χ3n) is 7.92. The number of carbonyl (C=O) groups is 1. The van der Waals surface area contributed by atoms with Gasteiger partial charge in [-0.3, -0.25) is 4.90 Å². The van der Waals surface area contributed by atoms with Crippen molar-refractivity contribution in [1.82, 2.24) is 9.88 Å². The minimum atomic E-state index is -0.883. The molecule has 2 atom stereocenters. The van der Waals surface area contributed by atoms with Gasteiger partial charge in [0.25, 0.3) is 0 Å². The first-order valence-electron chi connectivity index (χ1n) is 12.3. The summed E-state index contributed by atoms with van der Waals surface area (Å²) in [6, 6.07) is 12.0. The van der Waals surface area contributed by atoms with Crippen molar-refractivity contribution in [3.8, 4) is 5.75 Å². The zero-order chi connectivity index (χ0) is 23.7. The van der Waals surface area contributed by atoms with E-state index in [4.69, 9.17) is 9.47 Å². The van der Waals surface area contributed by atoms with Gasteiger partial charge in [-0.25, -0.2) is 4.79 Å². The summed E-state index contributed by atoms with van der Waals surface area (Å²) in [7, 11) is 1.75. The van der Waals surface area contributed by atoms with E-state index in [1.54, 1.807) is 19.2 Å². The molecule has 6 heteroatoms. The van der Waals surface area contributed by atoms with Gasteiger partial charge in [0.05, 0.1) is 12.7 Å². The van der Waals surface area contributed by atoms with E-state index in [9.17, 15) is 9.90 Å². The number of nitrogens with zero attached hydrogens (tertiary/aromatic N) is 1. The summed E-state index contributed by atoms with van der Waals surface area (Å²) >= 11 is 0. The molecular formula is C28H34N2O4. The van der Waals surface area contributed by atoms with Crippen LogP contribution < -0.4 is 4.74 Å². The highest BCUT2D eigenvalue weighted by Crippen LogP contribution is 2.42. The lowest BCUT2D eigenvalue weighted by atomic mass is 9.76. The number of aryl methyl sites for hydroxylation is 1. The second kappa shape index (κ2) is 9.80. The largest absolute Gasteiger partial charge is 0.496 e. The lowest BCUT2D eigenvalue weighted by Crippen LogP contribution is -2.39. The van der Waals surface area contributed by atoms with Crippen LogP contribution in [0.2, 0.25) is 0 Å². The van der Waals surface area contributed by atoms with Crippen molar-refractivity contribution in [2.75, 3.05) is 26.9 Å². The van der Waals surface area contributed by atoms with Crippen LogP contribution in [0.1, 0.15) is 58.8 Å². The second-order valence-corrected chi connectivity index (χ2v) is 9.79. The van der Waals surface area contributed by atoms with Crippen LogP contribution in [0.4, 0.5) is 0 Å². The first kappa shape index (κ1) is 22.9. The summed E-state index contributed by atoms with van der Waals surface area (Å²) in [5.41, 5.74) is 5.08. The summed E-state index contributed by atoms with van der Waals surface area (Å²) in [6.07, 6.45) is 6.55. The SMILES string of the molecule is COc1cc(C)c2[nH]ccc2c1CN1CCC(C2CCOCC2)CC1c1ccc(C(=O)O)cc1. The van der Waals surface area contributed by atoms with E-state index in [0.717, 1.165) is 56.8 Å². The summed E-state index contributed by atoms with van der Waals surface area (Å²) in [5, 5.41) is 10.6. The molecule has 2 saturated heterocycles. The van der Waals surface area contributed by atoms with Crippen LogP contribution in [0.5, 0.6) is 5.75 Å². The number of methoxy groups -OCH3 is 1. The predicted octanol–water partition coefficient (Wildman–Crippen LogP) is 5.56. The third-order valence-corrected chi connectivity index (χ3v) is 7.92. The van der Waals surface area contributed by atoms with Crippen LogP contribution in [-0.2, 0) is 11.3 Å². The number of benzene rings is 2. The quantitative estimate of drug-likeness (QED) is 0.501. The smallest absolute Gasteiger partial charge is 0.335 e. The average Bonchev–Trinajstić information content (AvgIpc) is 3.37. The molecule has 0 spiro atoms. The van der Waals surface area contributed by atoms with E-state index in [1.165, 1.54) is 28.5 Å². The number of likely N-dealkylation sites (tertiary alicyclic amines) is 1. The van der Waals surface area contributed by atoms with Gasteiger partial charge in [0.2, 0.25) is 0 Å². The molecule has 5 rings (SSSR count). The highest BCUT2D eigenvalue weighted by atomic mass is 16.5. The van der Waals surface area contributed by atoms with Crippen LogP contribution in [0, 0.1) is 18.8 Å². The number of fused-ring (bicyclic) bond motifs is 1. The Morgan fingerprint density at radius 2 is 1.91 bits per heavy atom. The molecule has 34 heavy (non-hydrogen) atoms. The zero-order valence-corrected chi connectivity index (χ0v) is 20.0. The summed E-state index contributed by atoms with van der Waals surface area (Å²) < 4.78 is 11.4. The number of nitrogens with one attached hydrogen (secondary N) is 1. The molecule has 2 aliphatic heterocycles. The minimum absolute atomic E-state index is 0.240. The van der Waals surface area contributed by atoms with Crippen LogP contribution in [-0.4, -0.2) is 47.8 Å². The molecule has 0 amide bonds. The summed E-state index contributed by atoms with van der Waals surface area (Å²) in [5.74, 6) is 1.42. The van der Waals surface area contributed by atoms with Gasteiger partial charge in [0.15, 0.2) is 0 Å². The lowest BCUT2D eigenvalue weighted by Gasteiger charge is -2.43. The molecule has 180 valence electrons. The number of piperidine rings is 1. The van der Waals surface area contributed by atoms with E-state index in [1.807, 2.05) is 18.3 Å². The lowest BCUT2D eigenvalue weighted by molar-refractivity contribution is 0.0141. The Hall–Kier alpha value is -2.83. The third kappa shape index (κ3) is 4.44. The van der Waals surface area contributed by atoms with E-state index >= 15 is 0 Å². The fraction of sp³-hybridized carbons (Fsp3) is 0.464. The Labute approximate surface area is 200 Å². The van der Waals surface area contributed by atoms with Crippen molar-refractivity contribution in [3.05, 3.63) is 64.8 Å². The fourth-order valence-electron chi connectivity index (χ4n) is 6.02. The van der Waals surface area contributed by atoms with Gasteiger partial charge in [0, 0.05) is 48.5 Å². The molecule has 0 aliphatic carbocycles. The predicted molar refractivity (Wildman–Crippen MR) is 132 cm³/mol. The highest BCUT2D eigenvalue weighted by Gasteiger charge is 2.35. The van der Waals surface area contributed by atoms with E-state index in [2.05, 4.69) is 28.9 Å². The Kier molecular flexibility index (Phi) is 6.61. The molecule has 0 bridgehead atoms. The highest BCUT2D eigenvalue weighted by molar-refractivity contribution is 5.88. The normalized spacial score (nSPS) is 22.2. The number of carboxylic acid groups (broad SMARTS) is 1. The summed E-state index contributed by atoms with van der Waals surface area (Å²) in [6.45, 7) is 5.65. The molecule has 0 saturated carbocycles. The van der Waals surface area contributed by atoms with Crippen molar-refractivity contribution in [2.24, 2.45) is 11.8 Å². The van der Waals surface area contributed by atoms with Gasteiger partial charge >= 0.3 is 5.97 Å². The van der Waals surface area contributed by atoms with Gasteiger partial charge in [-0.1, -0.05) is 12.1 Å². The van der Waals surface area contributed by atoms with Crippen LogP contribution in [0.15, 0.2) is 42.6 Å². The molecule has 6 nitrogen and oxygen atoms in total. The molecule has 0 radical (unpaired) electrons. The van der Waals surface area contributed by atoms with Crippen molar-refractivity contribution in [3.63, 3.8) is 0 Å². The van der Waals surface area contributed by atoms with E-state index in [0.29, 0.717) is 17.4 Å². The van der Waals surface area contributed by atoms with Crippen molar-refractivity contribution >= 4 is 16.9 Å². The molecule has 2 fully saturated rings. The number of aromatic carboxylic acids is 1. The molecule has 3 aromatic rings. The molecule has 2 aromatic carbocycles. The first-order chi connectivity index (χ1) is 16.5.